The Bertz CT molecular complexity index is 894. The Morgan fingerprint density at radius 3 is 2.00 bits per heavy atom. The zero-order valence-electron chi connectivity index (χ0n) is 22.4. The lowest BCUT2D eigenvalue weighted by Gasteiger charge is -2.31. The van der Waals surface area contributed by atoms with E-state index in [1.165, 1.54) is 6.20 Å². The zero-order valence-corrected chi connectivity index (χ0v) is 22.4. The van der Waals surface area contributed by atoms with Crippen LogP contribution >= 0.6 is 0 Å². The maximum Gasteiger partial charge on any atom is 0.340 e. The number of hydrogen-bond donors (Lipinski definition) is 0. The maximum absolute atomic E-state index is 12.3. The fourth-order valence-corrected chi connectivity index (χ4v) is 3.00. The molecule has 0 saturated heterocycles. The van der Waals surface area contributed by atoms with E-state index in [1.807, 2.05) is 0 Å². The number of rotatable bonds is 17. The average Bonchev–Trinajstić information content (AvgIpc) is 2.86. The standard InChI is InChI=1S/C31H43NO4/c1-5-6-7-8-9-10-11-12-13-14-15-16-17-18-19-20-21-24-29(33)35-27(2)31(3,4)36-30(34)28-23-22-25-32-26-28/h6-7,9-10,12-13,15-16,18-19,22-23,25-27H,5,8,11,14,17,20-21,24H2,1-4H3/b7-6-,10-9-,13-12-,16-15-,19-18-. The molecule has 5 nitrogen and oxygen atoms in total. The van der Waals surface area contributed by atoms with Crippen LogP contribution in [-0.2, 0) is 14.3 Å². The summed E-state index contributed by atoms with van der Waals surface area (Å²) in [5.41, 5.74) is -0.590. The quantitative estimate of drug-likeness (QED) is 0.125. The molecule has 0 bridgehead atoms. The minimum atomic E-state index is -0.952. The van der Waals surface area contributed by atoms with Gasteiger partial charge < -0.3 is 9.47 Å². The number of carbonyl (C=O) groups excluding carboxylic acids is 2. The number of nitrogens with zero attached hydrogens (tertiary/aromatic N) is 1. The number of allylic oxidation sites excluding steroid dienone is 10. The highest BCUT2D eigenvalue weighted by Gasteiger charge is 2.33. The van der Waals surface area contributed by atoms with E-state index in [1.54, 1.807) is 39.1 Å². The summed E-state index contributed by atoms with van der Waals surface area (Å²) in [4.78, 5) is 28.4. The summed E-state index contributed by atoms with van der Waals surface area (Å²) in [7, 11) is 0. The minimum Gasteiger partial charge on any atom is -0.458 e. The first-order chi connectivity index (χ1) is 17.4. The largest absolute Gasteiger partial charge is 0.458 e. The second kappa shape index (κ2) is 19.0. The van der Waals surface area contributed by atoms with Gasteiger partial charge >= 0.3 is 11.9 Å². The molecule has 0 spiro atoms. The molecule has 0 aliphatic rings. The van der Waals surface area contributed by atoms with E-state index in [-0.39, 0.29) is 5.97 Å². The highest BCUT2D eigenvalue weighted by molar-refractivity contribution is 5.89. The van der Waals surface area contributed by atoms with Crippen LogP contribution < -0.4 is 0 Å². The molecular weight excluding hydrogens is 450 g/mol. The van der Waals surface area contributed by atoms with E-state index >= 15 is 0 Å². The normalized spacial score (nSPS) is 13.4. The first kappa shape index (κ1) is 30.8. The number of unbranched alkanes of at least 4 members (excludes halogenated alkanes) is 1. The van der Waals surface area contributed by atoms with Gasteiger partial charge in [0.2, 0.25) is 0 Å². The van der Waals surface area contributed by atoms with E-state index in [4.69, 9.17) is 9.47 Å². The first-order valence-corrected chi connectivity index (χ1v) is 12.9. The van der Waals surface area contributed by atoms with E-state index in [2.05, 4.69) is 72.7 Å². The fraction of sp³-hybridized carbons (Fsp3) is 0.452. The highest BCUT2D eigenvalue weighted by Crippen LogP contribution is 2.20. The van der Waals surface area contributed by atoms with Crippen molar-refractivity contribution in [2.24, 2.45) is 0 Å². The molecule has 36 heavy (non-hydrogen) atoms. The molecule has 0 aromatic carbocycles. The lowest BCUT2D eigenvalue weighted by atomic mass is 10.0. The van der Waals surface area contributed by atoms with Crippen LogP contribution in [0.1, 0.15) is 89.4 Å². The maximum atomic E-state index is 12.3. The van der Waals surface area contributed by atoms with Crippen molar-refractivity contribution in [1.82, 2.24) is 4.98 Å². The van der Waals surface area contributed by atoms with Crippen molar-refractivity contribution in [1.29, 1.82) is 0 Å². The number of ether oxygens (including phenoxy) is 2. The van der Waals surface area contributed by atoms with Gasteiger partial charge in [0.15, 0.2) is 0 Å². The predicted octanol–water partition coefficient (Wildman–Crippen LogP) is 7.87. The molecular formula is C31H43NO4. The van der Waals surface area contributed by atoms with Crippen LogP contribution in [0.4, 0.5) is 0 Å². The summed E-state index contributed by atoms with van der Waals surface area (Å²) >= 11 is 0. The molecule has 1 heterocycles. The third-order valence-electron chi connectivity index (χ3n) is 5.45. The van der Waals surface area contributed by atoms with Crippen molar-refractivity contribution in [3.8, 4) is 0 Å². The van der Waals surface area contributed by atoms with Crippen molar-refractivity contribution in [2.75, 3.05) is 0 Å². The van der Waals surface area contributed by atoms with Crippen LogP contribution in [0.3, 0.4) is 0 Å². The molecule has 196 valence electrons. The monoisotopic (exact) mass is 493 g/mol. The van der Waals surface area contributed by atoms with Gasteiger partial charge in [-0.25, -0.2) is 4.79 Å². The van der Waals surface area contributed by atoms with Crippen LogP contribution in [-0.4, -0.2) is 28.6 Å². The van der Waals surface area contributed by atoms with E-state index in [0.29, 0.717) is 18.4 Å². The molecule has 1 aromatic rings. The van der Waals surface area contributed by atoms with Crippen molar-refractivity contribution in [3.05, 3.63) is 90.9 Å². The fourth-order valence-electron chi connectivity index (χ4n) is 3.00. The number of aromatic nitrogens is 1. The van der Waals surface area contributed by atoms with Crippen LogP contribution in [0.15, 0.2) is 85.3 Å². The topological polar surface area (TPSA) is 65.5 Å². The molecule has 0 aliphatic carbocycles. The van der Waals surface area contributed by atoms with Gasteiger partial charge in [-0.1, -0.05) is 67.7 Å². The summed E-state index contributed by atoms with van der Waals surface area (Å²) in [5, 5.41) is 0. The number of esters is 2. The molecule has 1 aromatic heterocycles. The van der Waals surface area contributed by atoms with E-state index in [0.717, 1.165) is 38.5 Å². The van der Waals surface area contributed by atoms with Gasteiger partial charge in [-0.05, 0) is 77.8 Å². The Hall–Kier alpha value is -3.21. The molecule has 0 aliphatic heterocycles. The molecule has 0 N–H and O–H groups in total. The lowest BCUT2D eigenvalue weighted by molar-refractivity contribution is -0.160. The lowest BCUT2D eigenvalue weighted by Crippen LogP contribution is -2.41. The molecule has 1 unspecified atom stereocenters. The second-order valence-electron chi connectivity index (χ2n) is 8.97. The zero-order chi connectivity index (χ0) is 26.5. The van der Waals surface area contributed by atoms with Crippen molar-refractivity contribution >= 4 is 11.9 Å². The molecule has 0 radical (unpaired) electrons. The van der Waals surface area contributed by atoms with Gasteiger partial charge in [-0.15, -0.1) is 0 Å². The minimum absolute atomic E-state index is 0.291. The van der Waals surface area contributed by atoms with E-state index < -0.39 is 17.7 Å². The highest BCUT2D eigenvalue weighted by atomic mass is 16.6. The van der Waals surface area contributed by atoms with Gasteiger partial charge in [0.1, 0.15) is 11.7 Å². The number of carbonyl (C=O) groups is 2. The molecule has 0 fully saturated rings. The smallest absolute Gasteiger partial charge is 0.340 e. The van der Waals surface area contributed by atoms with Gasteiger partial charge in [0, 0.05) is 18.8 Å². The Morgan fingerprint density at radius 2 is 1.47 bits per heavy atom. The summed E-state index contributed by atoms with van der Waals surface area (Å²) < 4.78 is 11.0. The van der Waals surface area contributed by atoms with Gasteiger partial charge in [-0.2, -0.15) is 0 Å². The SMILES string of the molecule is CC/C=C\C/C=C\C/C=C\C/C=C\C/C=C\CCCC(=O)OC(C)C(C)(C)OC(=O)c1cccnc1. The Morgan fingerprint density at radius 1 is 0.917 bits per heavy atom. The van der Waals surface area contributed by atoms with Crippen LogP contribution in [0.5, 0.6) is 0 Å². The summed E-state index contributed by atoms with van der Waals surface area (Å²) in [6.07, 6.45) is 30.9. The first-order valence-electron chi connectivity index (χ1n) is 12.9. The molecule has 5 heteroatoms. The summed E-state index contributed by atoms with van der Waals surface area (Å²) in [5.74, 6) is -0.783. The molecule has 0 amide bonds. The van der Waals surface area contributed by atoms with Crippen molar-refractivity contribution in [2.45, 2.75) is 90.8 Å². The van der Waals surface area contributed by atoms with Gasteiger partial charge in [0.05, 0.1) is 5.56 Å². The second-order valence-corrected chi connectivity index (χ2v) is 8.97. The average molecular weight is 494 g/mol. The van der Waals surface area contributed by atoms with Crippen molar-refractivity contribution in [3.63, 3.8) is 0 Å². The van der Waals surface area contributed by atoms with Crippen LogP contribution in [0.25, 0.3) is 0 Å². The van der Waals surface area contributed by atoms with Crippen molar-refractivity contribution < 1.29 is 19.1 Å². The van der Waals surface area contributed by atoms with Crippen LogP contribution in [0, 0.1) is 0 Å². The molecule has 0 saturated carbocycles. The predicted molar refractivity (Wildman–Crippen MR) is 148 cm³/mol. The summed E-state index contributed by atoms with van der Waals surface area (Å²) in [6.45, 7) is 7.34. The Kier molecular flexibility index (Phi) is 16.3. The summed E-state index contributed by atoms with van der Waals surface area (Å²) in [6, 6.07) is 3.31. The Balaban J connectivity index is 2.15. The third kappa shape index (κ3) is 14.9. The van der Waals surface area contributed by atoms with Crippen LogP contribution in [0.2, 0.25) is 0 Å². The van der Waals surface area contributed by atoms with Gasteiger partial charge in [0.25, 0.3) is 0 Å². The number of pyridine rings is 1. The van der Waals surface area contributed by atoms with Gasteiger partial charge in [-0.3, -0.25) is 9.78 Å². The van der Waals surface area contributed by atoms with E-state index in [9.17, 15) is 9.59 Å². The third-order valence-corrected chi connectivity index (χ3v) is 5.45. The molecule has 1 atom stereocenters. The Labute approximate surface area is 217 Å². The number of hydrogen-bond acceptors (Lipinski definition) is 5. The molecule has 1 rings (SSSR count).